The Bertz CT molecular complexity index is 1520. The normalized spacial score (nSPS) is 13.3. The Labute approximate surface area is 203 Å². The summed E-state index contributed by atoms with van der Waals surface area (Å²) < 4.78 is 3.44. The van der Waals surface area contributed by atoms with Crippen molar-refractivity contribution in [3.8, 4) is 29.0 Å². The number of amides is 1. The first-order chi connectivity index (χ1) is 17.1. The number of carbonyl (C=O) groups is 1. The van der Waals surface area contributed by atoms with Gasteiger partial charge in [-0.3, -0.25) is 9.48 Å². The van der Waals surface area contributed by atoms with Crippen molar-refractivity contribution in [2.75, 3.05) is 31.1 Å². The van der Waals surface area contributed by atoms with Crippen molar-refractivity contribution in [2.24, 2.45) is 7.05 Å². The van der Waals surface area contributed by atoms with Crippen LogP contribution in [0.15, 0.2) is 67.8 Å². The van der Waals surface area contributed by atoms with Crippen LogP contribution < -0.4 is 4.90 Å². The first-order valence-electron chi connectivity index (χ1n) is 11.2. The molecular formula is C27H23N7O. The second kappa shape index (κ2) is 9.20. The van der Waals surface area contributed by atoms with E-state index < -0.39 is 0 Å². The number of piperazine rings is 1. The van der Waals surface area contributed by atoms with Gasteiger partial charge in [0, 0.05) is 68.0 Å². The maximum Gasteiger partial charge on any atom is 0.246 e. The summed E-state index contributed by atoms with van der Waals surface area (Å²) in [5.41, 5.74) is 5.75. The van der Waals surface area contributed by atoms with Gasteiger partial charge in [0.15, 0.2) is 0 Å². The van der Waals surface area contributed by atoms with Crippen LogP contribution in [0.2, 0.25) is 0 Å². The van der Waals surface area contributed by atoms with Crippen LogP contribution >= 0.6 is 0 Å². The number of aryl methyl sites for hydroxylation is 1. The van der Waals surface area contributed by atoms with Gasteiger partial charge in [0.25, 0.3) is 0 Å². The molecule has 0 bridgehead atoms. The van der Waals surface area contributed by atoms with Crippen molar-refractivity contribution in [3.05, 3.63) is 84.5 Å². The third-order valence-corrected chi connectivity index (χ3v) is 6.11. The minimum Gasteiger partial charge on any atom is -0.368 e. The average molecular weight is 462 g/mol. The fourth-order valence-electron chi connectivity index (χ4n) is 4.24. The summed E-state index contributed by atoms with van der Waals surface area (Å²) in [6.07, 6.45) is 8.53. The Morgan fingerprint density at radius 3 is 2.43 bits per heavy atom. The number of carbonyl (C=O) groups excluding carboxylic acids is 1. The number of fused-ring (bicyclic) bond motifs is 1. The van der Waals surface area contributed by atoms with Crippen molar-refractivity contribution in [1.29, 1.82) is 5.26 Å². The van der Waals surface area contributed by atoms with E-state index in [1.807, 2.05) is 42.5 Å². The third-order valence-electron chi connectivity index (χ3n) is 6.11. The predicted molar refractivity (Wildman–Crippen MR) is 134 cm³/mol. The summed E-state index contributed by atoms with van der Waals surface area (Å²) in [5, 5.41) is 18.1. The van der Waals surface area contributed by atoms with Crippen molar-refractivity contribution in [2.45, 2.75) is 0 Å². The smallest absolute Gasteiger partial charge is 0.246 e. The number of rotatable bonds is 3. The van der Waals surface area contributed by atoms with Gasteiger partial charge >= 0.3 is 0 Å². The highest BCUT2D eigenvalue weighted by Gasteiger charge is 2.19. The van der Waals surface area contributed by atoms with E-state index in [4.69, 9.17) is 0 Å². The maximum atomic E-state index is 11.8. The first-order valence-corrected chi connectivity index (χ1v) is 11.2. The quantitative estimate of drug-likeness (QED) is 0.346. The van der Waals surface area contributed by atoms with E-state index in [9.17, 15) is 10.1 Å². The molecule has 1 fully saturated rings. The molecule has 4 heterocycles. The number of anilines is 1. The Balaban J connectivity index is 1.41. The Morgan fingerprint density at radius 2 is 1.77 bits per heavy atom. The minimum absolute atomic E-state index is 0.0188. The maximum absolute atomic E-state index is 11.8. The summed E-state index contributed by atoms with van der Waals surface area (Å²) >= 11 is 0. The Morgan fingerprint density at radius 1 is 1.00 bits per heavy atom. The third kappa shape index (κ3) is 4.38. The predicted octanol–water partition coefficient (Wildman–Crippen LogP) is 2.84. The van der Waals surface area contributed by atoms with Gasteiger partial charge in [-0.25, -0.2) is 4.52 Å². The summed E-state index contributed by atoms with van der Waals surface area (Å²) in [6.45, 7) is 6.49. The highest BCUT2D eigenvalue weighted by Crippen LogP contribution is 2.24. The molecular weight excluding hydrogens is 438 g/mol. The molecule has 0 radical (unpaired) electrons. The monoisotopic (exact) mass is 461 g/mol. The molecule has 0 aliphatic carbocycles. The Hall–Kier alpha value is -4.82. The van der Waals surface area contributed by atoms with Gasteiger partial charge in [0.1, 0.15) is 6.07 Å². The molecule has 0 spiro atoms. The van der Waals surface area contributed by atoms with Crippen LogP contribution in [0.1, 0.15) is 16.7 Å². The zero-order valence-corrected chi connectivity index (χ0v) is 19.3. The van der Waals surface area contributed by atoms with Gasteiger partial charge in [0.05, 0.1) is 29.0 Å². The Kier molecular flexibility index (Phi) is 5.78. The van der Waals surface area contributed by atoms with Crippen LogP contribution in [0.5, 0.6) is 0 Å². The van der Waals surface area contributed by atoms with Crippen molar-refractivity contribution in [1.82, 2.24) is 24.3 Å². The molecule has 0 unspecified atom stereocenters. The molecule has 172 valence electrons. The van der Waals surface area contributed by atoms with E-state index in [-0.39, 0.29) is 5.91 Å². The lowest BCUT2D eigenvalue weighted by molar-refractivity contribution is -0.126. The van der Waals surface area contributed by atoms with Crippen LogP contribution in [-0.4, -0.2) is 56.4 Å². The molecule has 1 saturated heterocycles. The molecule has 8 nitrogen and oxygen atoms in total. The van der Waals surface area contributed by atoms with Crippen LogP contribution in [-0.2, 0) is 11.8 Å². The average Bonchev–Trinajstić information content (AvgIpc) is 3.53. The fraction of sp³-hybridized carbons (Fsp3) is 0.185. The molecule has 1 aromatic carbocycles. The van der Waals surface area contributed by atoms with E-state index in [1.54, 1.807) is 21.6 Å². The van der Waals surface area contributed by atoms with E-state index in [1.165, 1.54) is 6.08 Å². The summed E-state index contributed by atoms with van der Waals surface area (Å²) in [4.78, 5) is 15.9. The summed E-state index contributed by atoms with van der Waals surface area (Å²) in [5.74, 6) is 6.46. The summed E-state index contributed by atoms with van der Waals surface area (Å²) in [7, 11) is 1.87. The lowest BCUT2D eigenvalue weighted by atomic mass is 10.1. The second-order valence-corrected chi connectivity index (χ2v) is 8.32. The lowest BCUT2D eigenvalue weighted by Crippen LogP contribution is -2.48. The molecule has 3 aromatic heterocycles. The largest absolute Gasteiger partial charge is 0.368 e. The van der Waals surface area contributed by atoms with E-state index in [2.05, 4.69) is 51.7 Å². The van der Waals surface area contributed by atoms with Crippen LogP contribution in [0.25, 0.3) is 16.6 Å². The molecule has 1 aliphatic heterocycles. The van der Waals surface area contributed by atoms with Gasteiger partial charge in [-0.15, -0.1) is 0 Å². The number of pyridine rings is 1. The van der Waals surface area contributed by atoms with Crippen molar-refractivity contribution >= 4 is 17.1 Å². The zero-order valence-electron chi connectivity index (χ0n) is 19.3. The zero-order chi connectivity index (χ0) is 24.4. The van der Waals surface area contributed by atoms with Crippen LogP contribution in [0.4, 0.5) is 5.69 Å². The van der Waals surface area contributed by atoms with Crippen molar-refractivity contribution in [3.63, 3.8) is 0 Å². The molecule has 1 aliphatic rings. The van der Waals surface area contributed by atoms with Gasteiger partial charge in [0.2, 0.25) is 5.91 Å². The SMILES string of the molecule is C=CC(=O)N1CCN(c2ccc(C#Cc3cc(-c4cnn(C)c4)cn4ncc(C#N)c34)cc2)CC1. The topological polar surface area (TPSA) is 82.5 Å². The number of hydrogen-bond donors (Lipinski definition) is 0. The first kappa shape index (κ1) is 22.0. The van der Waals surface area contributed by atoms with Gasteiger partial charge in [-0.2, -0.15) is 15.5 Å². The van der Waals surface area contributed by atoms with E-state index in [0.717, 1.165) is 41.0 Å². The molecule has 35 heavy (non-hydrogen) atoms. The minimum atomic E-state index is -0.0188. The van der Waals surface area contributed by atoms with E-state index >= 15 is 0 Å². The van der Waals surface area contributed by atoms with E-state index in [0.29, 0.717) is 24.2 Å². The standard InChI is InChI=1S/C27H23N7O/c1-3-26(35)33-12-10-32(11-13-33)25-8-5-20(6-9-25)4-7-21-14-22(24-17-29-31(2)18-24)19-34-27(21)23(15-28)16-30-34/h3,5-6,8-9,14,16-19H,1,10-13H2,2H3. The molecule has 0 N–H and O–H groups in total. The number of benzene rings is 1. The molecule has 0 atom stereocenters. The molecule has 0 saturated carbocycles. The van der Waals surface area contributed by atoms with Crippen molar-refractivity contribution < 1.29 is 4.79 Å². The highest BCUT2D eigenvalue weighted by molar-refractivity contribution is 5.87. The number of hydrogen-bond acceptors (Lipinski definition) is 5. The lowest BCUT2D eigenvalue weighted by Gasteiger charge is -2.35. The molecule has 5 rings (SSSR count). The number of nitriles is 1. The highest BCUT2D eigenvalue weighted by atomic mass is 16.2. The molecule has 4 aromatic rings. The number of aromatic nitrogens is 4. The van der Waals surface area contributed by atoms with Crippen LogP contribution in [0.3, 0.4) is 0 Å². The fourth-order valence-corrected chi connectivity index (χ4v) is 4.24. The number of nitrogens with zero attached hydrogens (tertiary/aromatic N) is 7. The van der Waals surface area contributed by atoms with Gasteiger partial charge in [-0.05, 0) is 36.4 Å². The second-order valence-electron chi connectivity index (χ2n) is 8.32. The summed E-state index contributed by atoms with van der Waals surface area (Å²) in [6, 6.07) is 12.3. The molecule has 1 amide bonds. The van der Waals surface area contributed by atoms with Crippen LogP contribution in [0, 0.1) is 23.2 Å². The molecule has 8 heteroatoms. The van der Waals surface area contributed by atoms with Gasteiger partial charge < -0.3 is 9.80 Å². The van der Waals surface area contributed by atoms with Gasteiger partial charge in [-0.1, -0.05) is 18.4 Å².